The summed E-state index contributed by atoms with van der Waals surface area (Å²) < 4.78 is 26.2. The van der Waals surface area contributed by atoms with Crippen molar-refractivity contribution < 1.29 is 8.78 Å². The van der Waals surface area contributed by atoms with Crippen LogP contribution in [0.3, 0.4) is 0 Å². The van der Waals surface area contributed by atoms with Crippen LogP contribution in [-0.4, -0.2) is 14.5 Å². The van der Waals surface area contributed by atoms with E-state index in [1.165, 1.54) is 0 Å². The number of alkyl halides is 2. The molecule has 0 aliphatic carbocycles. The molecule has 74 valence electrons. The number of hydrogen-bond acceptors (Lipinski definition) is 3. The van der Waals surface area contributed by atoms with Crippen LogP contribution in [0.2, 0.25) is 0 Å². The normalized spacial score (nSPS) is 11.1. The highest BCUT2D eigenvalue weighted by Gasteiger charge is 2.13. The Hall–Kier alpha value is -1.30. The average molecular weight is 215 g/mol. The molecule has 0 bridgehead atoms. The third-order valence-electron chi connectivity index (χ3n) is 1.68. The minimum absolute atomic E-state index is 0.161. The smallest absolute Gasteiger partial charge is 0.289 e. The third-order valence-corrected chi connectivity index (χ3v) is 2.53. The summed E-state index contributed by atoms with van der Waals surface area (Å²) in [6.07, 6.45) is 0.846. The number of rotatable bonds is 2. The molecule has 14 heavy (non-hydrogen) atoms. The van der Waals surface area contributed by atoms with Crippen LogP contribution in [0.4, 0.5) is 8.78 Å². The Kier molecular flexibility index (Phi) is 2.28. The van der Waals surface area contributed by atoms with Crippen molar-refractivity contribution >= 4 is 11.3 Å². The fourth-order valence-corrected chi connectivity index (χ4v) is 1.71. The van der Waals surface area contributed by atoms with Gasteiger partial charge in [-0.25, -0.2) is 18.7 Å². The van der Waals surface area contributed by atoms with Crippen LogP contribution in [0.5, 0.6) is 0 Å². The van der Waals surface area contributed by atoms with E-state index in [4.69, 9.17) is 0 Å². The predicted molar refractivity (Wildman–Crippen MR) is 49.3 cm³/mol. The lowest BCUT2D eigenvalue weighted by Gasteiger charge is -1.89. The molecule has 0 saturated heterocycles. The van der Waals surface area contributed by atoms with E-state index >= 15 is 0 Å². The molecule has 3 nitrogen and oxygen atoms in total. The Labute approximate surface area is 83.0 Å². The summed E-state index contributed by atoms with van der Waals surface area (Å²) in [5, 5.41) is 1.43. The van der Waals surface area contributed by atoms with Gasteiger partial charge in [0.1, 0.15) is 11.4 Å². The average Bonchev–Trinajstić information content (AvgIpc) is 2.70. The van der Waals surface area contributed by atoms with Gasteiger partial charge in [0.25, 0.3) is 6.43 Å². The molecular formula is C8H7F2N3S. The molecule has 2 aromatic heterocycles. The Morgan fingerprint density at radius 3 is 2.71 bits per heavy atom. The number of hydrogen-bond donors (Lipinski definition) is 0. The lowest BCUT2D eigenvalue weighted by Crippen LogP contribution is -1.83. The first-order valence-electron chi connectivity index (χ1n) is 3.88. The molecule has 0 aliphatic heterocycles. The summed E-state index contributed by atoms with van der Waals surface area (Å²) in [5.41, 5.74) is 1.13. The van der Waals surface area contributed by atoms with Crippen LogP contribution in [0.1, 0.15) is 11.4 Å². The topological polar surface area (TPSA) is 30.7 Å². The highest BCUT2D eigenvalue weighted by molar-refractivity contribution is 7.10. The molecule has 0 N–H and O–H groups in total. The second kappa shape index (κ2) is 3.45. The standard InChI is InChI=1S/C8H7F2N3S/c1-13-2-5(11-4-13)6-3-14-8(12-6)7(9)10/h2-4,7H,1H3. The maximum atomic E-state index is 12.2. The van der Waals surface area contributed by atoms with E-state index in [9.17, 15) is 8.78 Å². The zero-order valence-electron chi connectivity index (χ0n) is 7.32. The van der Waals surface area contributed by atoms with E-state index in [1.807, 2.05) is 7.05 Å². The number of thiazole rings is 1. The summed E-state index contributed by atoms with van der Waals surface area (Å²) in [6, 6.07) is 0. The molecule has 2 heterocycles. The lowest BCUT2D eigenvalue weighted by atomic mass is 10.4. The van der Waals surface area contributed by atoms with Crippen LogP contribution >= 0.6 is 11.3 Å². The highest BCUT2D eigenvalue weighted by Crippen LogP contribution is 2.26. The summed E-state index contributed by atoms with van der Waals surface area (Å²) in [7, 11) is 1.82. The molecule has 0 atom stereocenters. The van der Waals surface area contributed by atoms with Crippen LogP contribution < -0.4 is 0 Å². The van der Waals surface area contributed by atoms with E-state index in [0.717, 1.165) is 11.3 Å². The van der Waals surface area contributed by atoms with E-state index in [1.54, 1.807) is 22.5 Å². The van der Waals surface area contributed by atoms with Crippen molar-refractivity contribution in [3.63, 3.8) is 0 Å². The lowest BCUT2D eigenvalue weighted by molar-refractivity contribution is 0.151. The Morgan fingerprint density at radius 2 is 2.21 bits per heavy atom. The first-order valence-corrected chi connectivity index (χ1v) is 4.76. The molecule has 0 aromatic carbocycles. The molecule has 2 rings (SSSR count). The zero-order chi connectivity index (χ0) is 10.1. The first-order chi connectivity index (χ1) is 6.66. The van der Waals surface area contributed by atoms with Crippen molar-refractivity contribution in [2.24, 2.45) is 7.05 Å². The number of halogens is 2. The Bertz CT molecular complexity index is 435. The summed E-state index contributed by atoms with van der Waals surface area (Å²) >= 11 is 0.951. The summed E-state index contributed by atoms with van der Waals surface area (Å²) in [6.45, 7) is 0. The van der Waals surface area contributed by atoms with E-state index in [0.29, 0.717) is 11.4 Å². The van der Waals surface area contributed by atoms with Crippen molar-refractivity contribution in [1.29, 1.82) is 0 Å². The molecule has 0 radical (unpaired) electrons. The predicted octanol–water partition coefficient (Wildman–Crippen LogP) is 2.48. The van der Waals surface area contributed by atoms with Crippen molar-refractivity contribution in [2.45, 2.75) is 6.43 Å². The van der Waals surface area contributed by atoms with Gasteiger partial charge in [0.2, 0.25) is 0 Å². The second-order valence-corrected chi connectivity index (χ2v) is 3.69. The molecule has 0 fully saturated rings. The van der Waals surface area contributed by atoms with Crippen molar-refractivity contribution in [1.82, 2.24) is 14.5 Å². The zero-order valence-corrected chi connectivity index (χ0v) is 8.13. The molecule has 0 aliphatic rings. The number of aryl methyl sites for hydroxylation is 1. The molecule has 2 aromatic rings. The number of imidazole rings is 1. The monoisotopic (exact) mass is 215 g/mol. The van der Waals surface area contributed by atoms with E-state index in [2.05, 4.69) is 9.97 Å². The molecule has 0 amide bonds. The molecule has 0 spiro atoms. The third kappa shape index (κ3) is 1.65. The van der Waals surface area contributed by atoms with Crippen LogP contribution in [0, 0.1) is 0 Å². The van der Waals surface area contributed by atoms with E-state index < -0.39 is 6.43 Å². The van der Waals surface area contributed by atoms with Gasteiger partial charge in [-0.1, -0.05) is 0 Å². The Balaban J connectivity index is 2.33. The maximum Gasteiger partial charge on any atom is 0.289 e. The van der Waals surface area contributed by atoms with E-state index in [-0.39, 0.29) is 5.01 Å². The second-order valence-electron chi connectivity index (χ2n) is 2.80. The quantitative estimate of drug-likeness (QED) is 0.770. The van der Waals surface area contributed by atoms with Gasteiger partial charge in [0.15, 0.2) is 5.01 Å². The molecule has 6 heteroatoms. The molecular weight excluding hydrogens is 208 g/mol. The van der Waals surface area contributed by atoms with Gasteiger partial charge in [0.05, 0.1) is 6.33 Å². The van der Waals surface area contributed by atoms with Gasteiger partial charge in [-0.2, -0.15) is 0 Å². The van der Waals surface area contributed by atoms with Gasteiger partial charge >= 0.3 is 0 Å². The number of aromatic nitrogens is 3. The van der Waals surface area contributed by atoms with Crippen molar-refractivity contribution in [2.75, 3.05) is 0 Å². The minimum atomic E-state index is -2.50. The summed E-state index contributed by atoms with van der Waals surface area (Å²) in [5.74, 6) is 0. The summed E-state index contributed by atoms with van der Waals surface area (Å²) in [4.78, 5) is 7.81. The number of nitrogens with zero attached hydrogens (tertiary/aromatic N) is 3. The van der Waals surface area contributed by atoms with Gasteiger partial charge in [0, 0.05) is 18.6 Å². The molecule has 0 saturated carbocycles. The van der Waals surface area contributed by atoms with Crippen LogP contribution in [-0.2, 0) is 7.05 Å². The largest absolute Gasteiger partial charge is 0.340 e. The van der Waals surface area contributed by atoms with Crippen molar-refractivity contribution in [3.05, 3.63) is 22.9 Å². The van der Waals surface area contributed by atoms with Crippen molar-refractivity contribution in [3.8, 4) is 11.4 Å². The SMILES string of the molecule is Cn1cnc(-c2csc(C(F)F)n2)c1. The fourth-order valence-electron chi connectivity index (χ4n) is 1.05. The van der Waals surface area contributed by atoms with Gasteiger partial charge in [-0.15, -0.1) is 11.3 Å². The Morgan fingerprint density at radius 1 is 1.43 bits per heavy atom. The minimum Gasteiger partial charge on any atom is -0.340 e. The van der Waals surface area contributed by atoms with Crippen LogP contribution in [0.15, 0.2) is 17.9 Å². The molecule has 0 unspecified atom stereocenters. The highest BCUT2D eigenvalue weighted by atomic mass is 32.1. The first kappa shape index (κ1) is 9.26. The van der Waals surface area contributed by atoms with Gasteiger partial charge < -0.3 is 4.57 Å². The maximum absolute atomic E-state index is 12.2. The van der Waals surface area contributed by atoms with Gasteiger partial charge in [-0.05, 0) is 0 Å². The fraction of sp³-hybridized carbons (Fsp3) is 0.250. The van der Waals surface area contributed by atoms with Gasteiger partial charge in [-0.3, -0.25) is 0 Å². The van der Waals surface area contributed by atoms with Crippen LogP contribution in [0.25, 0.3) is 11.4 Å².